The molecule has 29 heavy (non-hydrogen) atoms. The van der Waals surface area contributed by atoms with Crippen LogP contribution >= 0.6 is 11.3 Å². The van der Waals surface area contributed by atoms with Crippen molar-refractivity contribution in [2.75, 3.05) is 11.9 Å². The van der Waals surface area contributed by atoms with Crippen molar-refractivity contribution in [1.82, 2.24) is 4.98 Å². The number of amides is 1. The lowest BCUT2D eigenvalue weighted by Gasteiger charge is -2.07. The summed E-state index contributed by atoms with van der Waals surface area (Å²) in [6, 6.07) is 10.7. The maximum Gasteiger partial charge on any atom is 0.312 e. The molecule has 0 fully saturated rings. The summed E-state index contributed by atoms with van der Waals surface area (Å²) in [5.74, 6) is -2.88. The van der Waals surface area contributed by atoms with Crippen LogP contribution in [0.4, 0.5) is 14.5 Å². The van der Waals surface area contributed by atoms with Gasteiger partial charge in [0.15, 0.2) is 6.61 Å². The van der Waals surface area contributed by atoms with E-state index < -0.39 is 30.1 Å². The lowest BCUT2D eigenvalue weighted by molar-refractivity contribution is -0.146. The van der Waals surface area contributed by atoms with E-state index in [0.29, 0.717) is 5.69 Å². The van der Waals surface area contributed by atoms with E-state index in [1.807, 2.05) is 24.3 Å². The predicted octanol–water partition coefficient (Wildman–Crippen LogP) is 4.38. The quantitative estimate of drug-likeness (QED) is 0.581. The number of hydrogen-bond acceptors (Lipinski definition) is 5. The zero-order chi connectivity index (χ0) is 20.8. The fraction of sp³-hybridized carbons (Fsp3) is 0.190. The van der Waals surface area contributed by atoms with Crippen molar-refractivity contribution in [3.05, 3.63) is 70.7 Å². The van der Waals surface area contributed by atoms with Crippen LogP contribution in [0.25, 0.3) is 10.6 Å². The summed E-state index contributed by atoms with van der Waals surface area (Å²) in [5.41, 5.74) is 2.41. The van der Waals surface area contributed by atoms with E-state index in [0.717, 1.165) is 35.2 Å². The van der Waals surface area contributed by atoms with Crippen LogP contribution in [-0.2, 0) is 27.2 Å². The summed E-state index contributed by atoms with van der Waals surface area (Å²) in [6.07, 6.45) is 0.861. The molecule has 8 heteroatoms. The van der Waals surface area contributed by atoms with Crippen molar-refractivity contribution < 1.29 is 23.1 Å². The van der Waals surface area contributed by atoms with E-state index in [-0.39, 0.29) is 12.1 Å². The smallest absolute Gasteiger partial charge is 0.312 e. The van der Waals surface area contributed by atoms with E-state index in [1.165, 1.54) is 16.9 Å². The molecule has 1 aromatic heterocycles. The van der Waals surface area contributed by atoms with Gasteiger partial charge in [0.1, 0.15) is 16.6 Å². The summed E-state index contributed by atoms with van der Waals surface area (Å²) < 4.78 is 31.5. The number of hydrogen-bond donors (Lipinski definition) is 1. The van der Waals surface area contributed by atoms with Crippen LogP contribution in [0.15, 0.2) is 47.8 Å². The highest BCUT2D eigenvalue weighted by Crippen LogP contribution is 2.24. The molecular weight excluding hydrogens is 398 g/mol. The fourth-order valence-electron chi connectivity index (χ4n) is 2.53. The van der Waals surface area contributed by atoms with Gasteiger partial charge in [-0.3, -0.25) is 9.59 Å². The Kier molecular flexibility index (Phi) is 6.66. The maximum absolute atomic E-state index is 13.5. The Bertz CT molecular complexity index is 1020. The Morgan fingerprint density at radius 3 is 2.62 bits per heavy atom. The van der Waals surface area contributed by atoms with Gasteiger partial charge in [0.2, 0.25) is 0 Å². The van der Waals surface area contributed by atoms with Gasteiger partial charge < -0.3 is 10.1 Å². The van der Waals surface area contributed by atoms with Gasteiger partial charge in [-0.1, -0.05) is 31.2 Å². The molecular formula is C21H18F2N2O3S. The third kappa shape index (κ3) is 5.68. The first kappa shape index (κ1) is 20.6. The average Bonchev–Trinajstić information content (AvgIpc) is 3.17. The van der Waals surface area contributed by atoms with Crippen LogP contribution < -0.4 is 5.32 Å². The van der Waals surface area contributed by atoms with Gasteiger partial charge in [0.25, 0.3) is 5.91 Å². The first-order chi connectivity index (χ1) is 13.9. The van der Waals surface area contributed by atoms with Crippen molar-refractivity contribution in [2.24, 2.45) is 0 Å². The molecule has 0 saturated heterocycles. The van der Waals surface area contributed by atoms with E-state index >= 15 is 0 Å². The summed E-state index contributed by atoms with van der Waals surface area (Å²) in [6.45, 7) is 1.47. The van der Waals surface area contributed by atoms with Crippen LogP contribution in [0.2, 0.25) is 0 Å². The van der Waals surface area contributed by atoms with Crippen LogP contribution in [-0.4, -0.2) is 23.5 Å². The van der Waals surface area contributed by atoms with Gasteiger partial charge >= 0.3 is 5.97 Å². The molecule has 1 heterocycles. The number of ether oxygens (including phenoxy) is 1. The zero-order valence-corrected chi connectivity index (χ0v) is 16.4. The Morgan fingerprint density at radius 1 is 1.14 bits per heavy atom. The van der Waals surface area contributed by atoms with Crippen molar-refractivity contribution in [3.63, 3.8) is 0 Å². The molecule has 3 aromatic rings. The standard InChI is InChI=1S/C21H18F2N2O3S/c1-2-13-3-5-14(6-4-13)21-24-16(12-29-21)10-20(27)28-11-19(26)25-18-9-15(22)7-8-17(18)23/h3-9,12H,2,10-11H2,1H3,(H,25,26). The molecule has 0 spiro atoms. The summed E-state index contributed by atoms with van der Waals surface area (Å²) in [5, 5.41) is 4.70. The van der Waals surface area contributed by atoms with Gasteiger partial charge in [-0.2, -0.15) is 0 Å². The van der Waals surface area contributed by atoms with Crippen molar-refractivity contribution in [3.8, 4) is 10.6 Å². The second-order valence-corrected chi connectivity index (χ2v) is 7.06. The number of thiazole rings is 1. The monoisotopic (exact) mass is 416 g/mol. The molecule has 0 unspecified atom stereocenters. The highest BCUT2D eigenvalue weighted by atomic mass is 32.1. The number of aromatic nitrogens is 1. The predicted molar refractivity (Wildman–Crippen MR) is 107 cm³/mol. The summed E-state index contributed by atoms with van der Waals surface area (Å²) in [7, 11) is 0. The second kappa shape index (κ2) is 9.38. The van der Waals surface area contributed by atoms with Gasteiger partial charge in [0.05, 0.1) is 17.8 Å². The molecule has 0 bridgehead atoms. The minimum atomic E-state index is -0.784. The van der Waals surface area contributed by atoms with Gasteiger partial charge in [0, 0.05) is 17.0 Å². The first-order valence-corrected chi connectivity index (χ1v) is 9.77. The molecule has 0 atom stereocenters. The van der Waals surface area contributed by atoms with Crippen molar-refractivity contribution >= 4 is 28.9 Å². The van der Waals surface area contributed by atoms with Crippen LogP contribution in [0, 0.1) is 11.6 Å². The molecule has 150 valence electrons. The maximum atomic E-state index is 13.5. The van der Waals surface area contributed by atoms with Crippen LogP contribution in [0.5, 0.6) is 0 Å². The molecule has 1 amide bonds. The number of nitrogens with zero attached hydrogens (tertiary/aromatic N) is 1. The molecule has 2 aromatic carbocycles. The Hall–Kier alpha value is -3.13. The van der Waals surface area contributed by atoms with Crippen LogP contribution in [0.1, 0.15) is 18.2 Å². The number of aryl methyl sites for hydroxylation is 1. The van der Waals surface area contributed by atoms with Crippen molar-refractivity contribution in [1.29, 1.82) is 0 Å². The molecule has 0 aliphatic carbocycles. The third-order valence-corrected chi connectivity index (χ3v) is 4.99. The molecule has 0 aliphatic heterocycles. The summed E-state index contributed by atoms with van der Waals surface area (Å²) in [4.78, 5) is 28.1. The second-order valence-electron chi connectivity index (χ2n) is 6.20. The minimum absolute atomic E-state index is 0.0921. The molecule has 0 saturated carbocycles. The van der Waals surface area contributed by atoms with E-state index in [2.05, 4.69) is 17.2 Å². The van der Waals surface area contributed by atoms with Gasteiger partial charge in [-0.15, -0.1) is 11.3 Å². The number of carbonyl (C=O) groups is 2. The molecule has 5 nitrogen and oxygen atoms in total. The number of carbonyl (C=O) groups excluding carboxylic acids is 2. The lowest BCUT2D eigenvalue weighted by Crippen LogP contribution is -2.22. The Balaban J connectivity index is 1.51. The van der Waals surface area contributed by atoms with E-state index in [1.54, 1.807) is 5.38 Å². The first-order valence-electron chi connectivity index (χ1n) is 8.89. The number of rotatable bonds is 7. The molecule has 0 aliphatic rings. The van der Waals surface area contributed by atoms with E-state index in [4.69, 9.17) is 4.74 Å². The summed E-state index contributed by atoms with van der Waals surface area (Å²) >= 11 is 1.41. The number of esters is 1. The van der Waals surface area contributed by atoms with Gasteiger partial charge in [-0.05, 0) is 24.1 Å². The molecule has 3 rings (SSSR count). The third-order valence-electron chi connectivity index (χ3n) is 4.05. The number of anilines is 1. The number of halogens is 2. The molecule has 0 radical (unpaired) electrons. The average molecular weight is 416 g/mol. The Morgan fingerprint density at radius 2 is 1.90 bits per heavy atom. The lowest BCUT2D eigenvalue weighted by atomic mass is 10.1. The topological polar surface area (TPSA) is 68.3 Å². The number of benzene rings is 2. The highest BCUT2D eigenvalue weighted by Gasteiger charge is 2.13. The Labute approximate surface area is 170 Å². The molecule has 1 N–H and O–H groups in total. The number of nitrogens with one attached hydrogen (secondary N) is 1. The zero-order valence-electron chi connectivity index (χ0n) is 15.6. The highest BCUT2D eigenvalue weighted by molar-refractivity contribution is 7.13. The largest absolute Gasteiger partial charge is 0.455 e. The van der Waals surface area contributed by atoms with Crippen molar-refractivity contribution in [2.45, 2.75) is 19.8 Å². The van der Waals surface area contributed by atoms with Gasteiger partial charge in [-0.25, -0.2) is 13.8 Å². The SMILES string of the molecule is CCc1ccc(-c2nc(CC(=O)OCC(=O)Nc3cc(F)ccc3F)cs2)cc1. The normalized spacial score (nSPS) is 10.6. The van der Waals surface area contributed by atoms with E-state index in [9.17, 15) is 18.4 Å². The minimum Gasteiger partial charge on any atom is -0.455 e. The fourth-order valence-corrected chi connectivity index (χ4v) is 3.35. The van der Waals surface area contributed by atoms with Crippen LogP contribution in [0.3, 0.4) is 0 Å².